The van der Waals surface area contributed by atoms with Crippen LogP contribution < -0.4 is 5.46 Å². The minimum Gasteiger partial charge on any atom is -0.423 e. The Bertz CT molecular complexity index is 481. The normalized spacial score (nSPS) is 10.2. The van der Waals surface area contributed by atoms with E-state index in [1.54, 1.807) is 6.07 Å². The van der Waals surface area contributed by atoms with Crippen molar-refractivity contribution in [3.8, 4) is 11.1 Å². The summed E-state index contributed by atoms with van der Waals surface area (Å²) in [5.41, 5.74) is 3.42. The number of rotatable bonds is 2. The van der Waals surface area contributed by atoms with E-state index < -0.39 is 7.12 Å². The summed E-state index contributed by atoms with van der Waals surface area (Å²) >= 11 is 0. The third-order valence-electron chi connectivity index (χ3n) is 2.57. The predicted molar refractivity (Wildman–Crippen MR) is 66.4 cm³/mol. The number of hydrogen-bond donors (Lipinski definition) is 2. The molecular formula is C13H13BO2. The smallest absolute Gasteiger partial charge is 0.423 e. The highest BCUT2D eigenvalue weighted by molar-refractivity contribution is 6.60. The van der Waals surface area contributed by atoms with Gasteiger partial charge in [-0.05, 0) is 23.5 Å². The lowest BCUT2D eigenvalue weighted by molar-refractivity contribution is 0.426. The molecule has 2 N–H and O–H groups in total. The van der Waals surface area contributed by atoms with Crippen molar-refractivity contribution in [1.29, 1.82) is 0 Å². The van der Waals surface area contributed by atoms with Crippen molar-refractivity contribution < 1.29 is 10.0 Å². The fraction of sp³-hybridized carbons (Fsp3) is 0.0769. The lowest BCUT2D eigenvalue weighted by Gasteiger charge is -2.10. The first-order valence-electron chi connectivity index (χ1n) is 5.20. The van der Waals surface area contributed by atoms with Crippen molar-refractivity contribution in [2.45, 2.75) is 6.92 Å². The molecule has 0 amide bonds. The van der Waals surface area contributed by atoms with Gasteiger partial charge in [-0.15, -0.1) is 0 Å². The summed E-state index contributed by atoms with van der Waals surface area (Å²) in [6.45, 7) is 1.93. The van der Waals surface area contributed by atoms with E-state index in [1.807, 2.05) is 49.4 Å². The van der Waals surface area contributed by atoms with E-state index in [0.717, 1.165) is 16.7 Å². The molecule has 0 aliphatic rings. The Balaban J connectivity index is 2.57. The SMILES string of the molecule is Cc1ccc(-c2ccccc2)c(B(O)O)c1. The molecule has 0 radical (unpaired) electrons. The Hall–Kier alpha value is -1.58. The molecule has 3 heteroatoms. The van der Waals surface area contributed by atoms with Crippen molar-refractivity contribution in [2.75, 3.05) is 0 Å². The van der Waals surface area contributed by atoms with Gasteiger partial charge in [-0.25, -0.2) is 0 Å². The van der Waals surface area contributed by atoms with Gasteiger partial charge in [0.05, 0.1) is 0 Å². The average Bonchev–Trinajstić information content (AvgIpc) is 2.30. The minimum absolute atomic E-state index is 0.547. The molecule has 0 saturated heterocycles. The number of benzene rings is 2. The molecule has 0 atom stereocenters. The summed E-state index contributed by atoms with van der Waals surface area (Å²) in [6, 6.07) is 15.4. The standard InChI is InChI=1S/C13H13BO2/c1-10-7-8-12(13(9-10)14(15)16)11-5-3-2-4-6-11/h2-9,15-16H,1H3. The second-order valence-corrected chi connectivity index (χ2v) is 3.83. The number of hydrogen-bond acceptors (Lipinski definition) is 2. The van der Waals surface area contributed by atoms with Gasteiger partial charge in [-0.3, -0.25) is 0 Å². The van der Waals surface area contributed by atoms with Crippen molar-refractivity contribution >= 4 is 12.6 Å². The van der Waals surface area contributed by atoms with Gasteiger partial charge >= 0.3 is 7.12 Å². The monoisotopic (exact) mass is 212 g/mol. The van der Waals surface area contributed by atoms with E-state index in [2.05, 4.69) is 0 Å². The molecule has 0 unspecified atom stereocenters. The summed E-state index contributed by atoms with van der Waals surface area (Å²) < 4.78 is 0. The van der Waals surface area contributed by atoms with E-state index >= 15 is 0 Å². The second-order valence-electron chi connectivity index (χ2n) is 3.83. The Morgan fingerprint density at radius 3 is 2.25 bits per heavy atom. The van der Waals surface area contributed by atoms with E-state index in [4.69, 9.17) is 0 Å². The molecule has 0 aliphatic heterocycles. The predicted octanol–water partition coefficient (Wildman–Crippen LogP) is 1.34. The van der Waals surface area contributed by atoms with Crippen LogP contribution in [0.2, 0.25) is 0 Å². The fourth-order valence-corrected chi connectivity index (χ4v) is 1.78. The van der Waals surface area contributed by atoms with Gasteiger partial charge in [0.25, 0.3) is 0 Å². The van der Waals surface area contributed by atoms with Crippen LogP contribution in [0.5, 0.6) is 0 Å². The molecule has 2 nitrogen and oxygen atoms in total. The Morgan fingerprint density at radius 1 is 0.938 bits per heavy atom. The Morgan fingerprint density at radius 2 is 1.62 bits per heavy atom. The summed E-state index contributed by atoms with van der Waals surface area (Å²) in [4.78, 5) is 0. The molecule has 16 heavy (non-hydrogen) atoms. The fourth-order valence-electron chi connectivity index (χ4n) is 1.78. The second kappa shape index (κ2) is 4.52. The van der Waals surface area contributed by atoms with E-state index in [1.165, 1.54) is 0 Å². The van der Waals surface area contributed by atoms with E-state index in [0.29, 0.717) is 5.46 Å². The summed E-state index contributed by atoms with van der Waals surface area (Å²) in [7, 11) is -1.44. The maximum absolute atomic E-state index is 9.35. The van der Waals surface area contributed by atoms with Crippen LogP contribution in [0, 0.1) is 6.92 Å². The highest BCUT2D eigenvalue weighted by Crippen LogP contribution is 2.17. The molecule has 0 aromatic heterocycles. The van der Waals surface area contributed by atoms with Crippen LogP contribution in [0.25, 0.3) is 11.1 Å². The van der Waals surface area contributed by atoms with Crippen molar-refractivity contribution in [1.82, 2.24) is 0 Å². The molecule has 0 fully saturated rings. The van der Waals surface area contributed by atoms with Crippen molar-refractivity contribution in [2.24, 2.45) is 0 Å². The number of aryl methyl sites for hydroxylation is 1. The van der Waals surface area contributed by atoms with Gasteiger partial charge in [-0.1, -0.05) is 54.1 Å². The summed E-state index contributed by atoms with van der Waals surface area (Å²) in [5, 5.41) is 18.7. The van der Waals surface area contributed by atoms with Crippen LogP contribution in [0.1, 0.15) is 5.56 Å². The lowest BCUT2D eigenvalue weighted by atomic mass is 9.75. The van der Waals surface area contributed by atoms with Crippen LogP contribution in [0.3, 0.4) is 0 Å². The third-order valence-corrected chi connectivity index (χ3v) is 2.57. The maximum atomic E-state index is 9.35. The zero-order valence-electron chi connectivity index (χ0n) is 9.09. The topological polar surface area (TPSA) is 40.5 Å². The molecule has 2 rings (SSSR count). The van der Waals surface area contributed by atoms with Crippen molar-refractivity contribution in [3.05, 3.63) is 54.1 Å². The zero-order valence-corrected chi connectivity index (χ0v) is 9.09. The Kier molecular flexibility index (Phi) is 3.08. The van der Waals surface area contributed by atoms with E-state index in [9.17, 15) is 10.0 Å². The summed E-state index contributed by atoms with van der Waals surface area (Å²) in [6.07, 6.45) is 0. The largest absolute Gasteiger partial charge is 0.489 e. The van der Waals surface area contributed by atoms with Gasteiger partial charge in [-0.2, -0.15) is 0 Å². The highest BCUT2D eigenvalue weighted by atomic mass is 16.4. The zero-order chi connectivity index (χ0) is 11.5. The highest BCUT2D eigenvalue weighted by Gasteiger charge is 2.16. The van der Waals surface area contributed by atoms with Crippen LogP contribution in [-0.2, 0) is 0 Å². The maximum Gasteiger partial charge on any atom is 0.489 e. The molecule has 0 heterocycles. The molecule has 0 saturated carbocycles. The van der Waals surface area contributed by atoms with Crippen molar-refractivity contribution in [3.63, 3.8) is 0 Å². The molecule has 0 aliphatic carbocycles. The first kappa shape index (κ1) is 10.9. The molecule has 2 aromatic carbocycles. The van der Waals surface area contributed by atoms with Crippen LogP contribution in [0.15, 0.2) is 48.5 Å². The lowest BCUT2D eigenvalue weighted by Crippen LogP contribution is -2.31. The van der Waals surface area contributed by atoms with Gasteiger partial charge in [0, 0.05) is 0 Å². The van der Waals surface area contributed by atoms with Gasteiger partial charge < -0.3 is 10.0 Å². The molecule has 0 bridgehead atoms. The van der Waals surface area contributed by atoms with Gasteiger partial charge in [0.1, 0.15) is 0 Å². The van der Waals surface area contributed by atoms with Crippen LogP contribution >= 0.6 is 0 Å². The molecule has 0 spiro atoms. The van der Waals surface area contributed by atoms with Gasteiger partial charge in [0.15, 0.2) is 0 Å². The first-order valence-corrected chi connectivity index (χ1v) is 5.20. The first-order chi connectivity index (χ1) is 7.68. The van der Waals surface area contributed by atoms with Crippen LogP contribution in [-0.4, -0.2) is 17.2 Å². The Labute approximate surface area is 95.3 Å². The van der Waals surface area contributed by atoms with Crippen LogP contribution in [0.4, 0.5) is 0 Å². The minimum atomic E-state index is -1.44. The average molecular weight is 212 g/mol. The molecule has 80 valence electrons. The third kappa shape index (κ3) is 2.16. The quantitative estimate of drug-likeness (QED) is 0.737. The molecule has 2 aromatic rings. The van der Waals surface area contributed by atoms with Gasteiger partial charge in [0.2, 0.25) is 0 Å². The molecular weight excluding hydrogens is 199 g/mol. The van der Waals surface area contributed by atoms with E-state index in [-0.39, 0.29) is 0 Å². The summed E-state index contributed by atoms with van der Waals surface area (Å²) in [5.74, 6) is 0.